The van der Waals surface area contributed by atoms with Gasteiger partial charge in [-0.05, 0) is 70.4 Å². The van der Waals surface area contributed by atoms with Crippen LogP contribution < -0.4 is 16.0 Å². The molecule has 0 saturated carbocycles. The predicted molar refractivity (Wildman–Crippen MR) is 233 cm³/mol. The lowest BCUT2D eigenvalue weighted by atomic mass is 10.0. The minimum absolute atomic E-state index is 0.00815. The third-order valence-electron chi connectivity index (χ3n) is 11.6. The minimum Gasteiger partial charge on any atom is -0.508 e. The number of carbonyl (C=O) groups is 3. The fourth-order valence-corrected chi connectivity index (χ4v) is 7.86. The number of benzene rings is 1. The second-order valence-electron chi connectivity index (χ2n) is 17.0. The van der Waals surface area contributed by atoms with Crippen molar-refractivity contribution >= 4 is 17.8 Å². The number of para-hydroxylation sites is 1. The van der Waals surface area contributed by atoms with Crippen molar-refractivity contribution in [3.63, 3.8) is 0 Å². The molecule has 2 unspecified atom stereocenters. The van der Waals surface area contributed by atoms with E-state index in [2.05, 4.69) is 22.9 Å². The van der Waals surface area contributed by atoms with Gasteiger partial charge in [-0.25, -0.2) is 4.79 Å². The molecule has 0 spiro atoms. The summed E-state index contributed by atoms with van der Waals surface area (Å²) in [5.74, 6) is -1.71. The highest BCUT2D eigenvalue weighted by Gasteiger charge is 2.35. The van der Waals surface area contributed by atoms with E-state index in [1.807, 2.05) is 6.08 Å². The van der Waals surface area contributed by atoms with Crippen LogP contribution in [0.3, 0.4) is 0 Å². The predicted octanol–water partition coefficient (Wildman–Crippen LogP) is 6.86. The lowest BCUT2D eigenvalue weighted by Crippen LogP contribution is -2.51. The van der Waals surface area contributed by atoms with E-state index in [-0.39, 0.29) is 31.7 Å². The van der Waals surface area contributed by atoms with Crippen LogP contribution in [0.4, 0.5) is 0 Å². The number of allylic oxidation sites excluding steroid dienone is 1. The van der Waals surface area contributed by atoms with E-state index in [0.717, 1.165) is 29.4 Å². The standard InChI is InChI=1S/C46H79N5O10/c1-3-4-5-6-7-8-9-10-11-12-13-14-15-16-17-18-19-30-42(54)50(58)31-24-23-28-38(48-43(55)39-34-60-44(49-39)36-26-20-21-29-40(36)52)46(57)61-35(2)33-41(53)47-37-27-22-25-32-51(59)45(37)56/h19-21,26,29-30,35,37-39,42,44-45,49,52,54,56,58-59H,3-18,22-25,27-28,31-34H2,1-2H3,(H,47,53)(H,48,55)/b30-19+/t35-,37+,38+,39-,42?,44?,45+/m1/s1. The molecule has 2 heterocycles. The highest BCUT2D eigenvalue weighted by Crippen LogP contribution is 2.28. The quantitative estimate of drug-likeness (QED) is 0.0126. The van der Waals surface area contributed by atoms with Crippen LogP contribution in [-0.4, -0.2) is 110 Å². The number of phenolic OH excluding ortho intramolecular Hbond substituents is 1. The van der Waals surface area contributed by atoms with Gasteiger partial charge in [0, 0.05) is 18.7 Å². The summed E-state index contributed by atoms with van der Waals surface area (Å²) in [5, 5.41) is 61.7. The maximum Gasteiger partial charge on any atom is 0.328 e. The van der Waals surface area contributed by atoms with E-state index in [9.17, 15) is 40.1 Å². The van der Waals surface area contributed by atoms with Crippen LogP contribution in [0.15, 0.2) is 36.4 Å². The zero-order valence-electron chi connectivity index (χ0n) is 37.1. The molecule has 348 valence electrons. The number of carbonyl (C=O) groups excluding carboxylic acids is 3. The van der Waals surface area contributed by atoms with Gasteiger partial charge >= 0.3 is 5.97 Å². The topological polar surface area (TPSA) is 213 Å². The number of aliphatic hydroxyl groups excluding tert-OH is 2. The number of aromatic hydroxyl groups is 1. The van der Waals surface area contributed by atoms with Gasteiger partial charge in [0.2, 0.25) is 11.8 Å². The average molecular weight is 862 g/mol. The molecular formula is C46H79N5O10. The maximum absolute atomic E-state index is 13.5. The maximum atomic E-state index is 13.5. The number of nitrogens with one attached hydrogen (secondary N) is 3. The normalized spacial score (nSPS) is 21.3. The van der Waals surface area contributed by atoms with Crippen molar-refractivity contribution in [3.05, 3.63) is 42.0 Å². The van der Waals surface area contributed by atoms with Gasteiger partial charge in [-0.15, -0.1) is 0 Å². The first kappa shape index (κ1) is 52.2. The van der Waals surface area contributed by atoms with Crippen molar-refractivity contribution in [3.8, 4) is 5.75 Å². The summed E-state index contributed by atoms with van der Waals surface area (Å²) >= 11 is 0. The van der Waals surface area contributed by atoms with Crippen LogP contribution in [0.5, 0.6) is 5.75 Å². The Morgan fingerprint density at radius 2 is 1.59 bits per heavy atom. The Kier molecular flexibility index (Phi) is 26.4. The number of aliphatic hydroxyl groups is 2. The molecule has 0 aliphatic carbocycles. The summed E-state index contributed by atoms with van der Waals surface area (Å²) in [6, 6.07) is 4.01. The molecule has 7 atom stereocenters. The van der Waals surface area contributed by atoms with Crippen molar-refractivity contribution in [2.45, 2.75) is 204 Å². The third-order valence-corrected chi connectivity index (χ3v) is 11.6. The molecule has 2 aliphatic rings. The van der Waals surface area contributed by atoms with Gasteiger partial charge in [-0.1, -0.05) is 121 Å². The van der Waals surface area contributed by atoms with Crippen molar-refractivity contribution in [2.75, 3.05) is 19.7 Å². The van der Waals surface area contributed by atoms with Crippen LogP contribution in [0.2, 0.25) is 0 Å². The first-order valence-electron chi connectivity index (χ1n) is 23.4. The molecule has 15 nitrogen and oxygen atoms in total. The summed E-state index contributed by atoms with van der Waals surface area (Å²) in [5.41, 5.74) is 0.472. The first-order chi connectivity index (χ1) is 29.5. The minimum atomic E-state index is -1.25. The number of rotatable bonds is 31. The summed E-state index contributed by atoms with van der Waals surface area (Å²) in [6.07, 6.45) is 22.4. The molecule has 1 aromatic carbocycles. The molecule has 2 amide bonds. The van der Waals surface area contributed by atoms with Crippen molar-refractivity contribution in [1.29, 1.82) is 0 Å². The van der Waals surface area contributed by atoms with Crippen LogP contribution in [0, 0.1) is 0 Å². The second-order valence-corrected chi connectivity index (χ2v) is 17.0. The number of ether oxygens (including phenoxy) is 2. The van der Waals surface area contributed by atoms with E-state index in [1.165, 1.54) is 89.5 Å². The molecule has 0 bridgehead atoms. The van der Waals surface area contributed by atoms with E-state index >= 15 is 0 Å². The summed E-state index contributed by atoms with van der Waals surface area (Å²) in [7, 11) is 0. The van der Waals surface area contributed by atoms with Crippen LogP contribution >= 0.6 is 0 Å². The van der Waals surface area contributed by atoms with E-state index < -0.39 is 60.7 Å². The SMILES string of the molecule is CCCCCCCCCCCCCCCCC/C=C/C(O)N(O)CCCC[C@H](NC(=O)[C@H]1COC(c2ccccc2O)N1)C(=O)O[C@H](C)CC(=O)N[C@H]1CCCCN(O)[C@H]1O. The van der Waals surface area contributed by atoms with Crippen molar-refractivity contribution in [1.82, 2.24) is 26.1 Å². The van der Waals surface area contributed by atoms with Crippen molar-refractivity contribution < 1.29 is 49.6 Å². The molecule has 61 heavy (non-hydrogen) atoms. The summed E-state index contributed by atoms with van der Waals surface area (Å²) < 4.78 is 11.4. The van der Waals surface area contributed by atoms with Gasteiger partial charge in [-0.2, -0.15) is 10.1 Å². The Morgan fingerprint density at radius 1 is 0.951 bits per heavy atom. The Morgan fingerprint density at radius 3 is 2.25 bits per heavy atom. The number of hydroxylamine groups is 4. The van der Waals surface area contributed by atoms with Gasteiger partial charge in [0.25, 0.3) is 0 Å². The second kappa shape index (κ2) is 30.8. The van der Waals surface area contributed by atoms with E-state index in [0.29, 0.717) is 44.2 Å². The fraction of sp³-hybridized carbons (Fsp3) is 0.761. The number of hydrogen-bond donors (Lipinski definition) is 8. The summed E-state index contributed by atoms with van der Waals surface area (Å²) in [6.45, 7) is 4.22. The molecule has 0 radical (unpaired) electrons. The number of amides is 2. The van der Waals surface area contributed by atoms with Crippen LogP contribution in [0.1, 0.15) is 173 Å². The monoisotopic (exact) mass is 862 g/mol. The molecule has 15 heteroatoms. The lowest BCUT2D eigenvalue weighted by molar-refractivity contribution is -0.202. The van der Waals surface area contributed by atoms with Gasteiger partial charge in [-0.3, -0.25) is 14.9 Å². The average Bonchev–Trinajstić information content (AvgIpc) is 3.68. The Hall–Kier alpha value is -3.15. The first-order valence-corrected chi connectivity index (χ1v) is 23.4. The number of unbranched alkanes of at least 4 members (excludes halogenated alkanes) is 16. The van der Waals surface area contributed by atoms with E-state index in [4.69, 9.17) is 9.47 Å². The molecule has 8 N–H and O–H groups in total. The highest BCUT2D eigenvalue weighted by atomic mass is 16.5. The number of nitrogens with zero attached hydrogens (tertiary/aromatic N) is 2. The Balaban J connectivity index is 1.38. The largest absolute Gasteiger partial charge is 0.508 e. The van der Waals surface area contributed by atoms with Crippen LogP contribution in [0.25, 0.3) is 0 Å². The Bertz CT molecular complexity index is 1400. The molecular weight excluding hydrogens is 783 g/mol. The van der Waals surface area contributed by atoms with Crippen LogP contribution in [-0.2, 0) is 23.9 Å². The molecule has 1 aromatic rings. The zero-order chi connectivity index (χ0) is 44.2. The molecule has 2 aliphatic heterocycles. The number of esters is 1. The smallest absolute Gasteiger partial charge is 0.328 e. The van der Waals surface area contributed by atoms with Gasteiger partial charge < -0.3 is 45.8 Å². The number of hydrogen-bond acceptors (Lipinski definition) is 13. The zero-order valence-corrected chi connectivity index (χ0v) is 37.1. The van der Waals surface area contributed by atoms with E-state index in [1.54, 1.807) is 31.2 Å². The lowest BCUT2D eigenvalue weighted by Gasteiger charge is -2.27. The molecule has 3 rings (SSSR count). The highest BCUT2D eigenvalue weighted by molar-refractivity contribution is 5.88. The molecule has 2 fully saturated rings. The fourth-order valence-electron chi connectivity index (χ4n) is 7.86. The molecule has 2 saturated heterocycles. The Labute approximate surface area is 364 Å². The van der Waals surface area contributed by atoms with Crippen molar-refractivity contribution in [2.24, 2.45) is 0 Å². The van der Waals surface area contributed by atoms with Gasteiger partial charge in [0.1, 0.15) is 42.6 Å². The number of phenols is 1. The van der Waals surface area contributed by atoms with Gasteiger partial charge in [0.15, 0.2) is 0 Å². The molecule has 0 aromatic heterocycles. The third kappa shape index (κ3) is 21.2. The van der Waals surface area contributed by atoms with Gasteiger partial charge in [0.05, 0.1) is 19.1 Å². The summed E-state index contributed by atoms with van der Waals surface area (Å²) in [4.78, 5) is 39.7.